The summed E-state index contributed by atoms with van der Waals surface area (Å²) < 4.78 is 0. The number of piperidine rings is 1. The Morgan fingerprint density at radius 2 is 2.23 bits per heavy atom. The van der Waals surface area contributed by atoms with E-state index in [1.54, 1.807) is 0 Å². The summed E-state index contributed by atoms with van der Waals surface area (Å²) in [6.45, 7) is 0.786. The monoisotopic (exact) mass is 181 g/mol. The maximum atomic E-state index is 11.3. The summed E-state index contributed by atoms with van der Waals surface area (Å²) >= 11 is 0. The lowest BCUT2D eigenvalue weighted by molar-refractivity contribution is -0.123. The molecule has 1 heterocycles. The molecule has 2 fully saturated rings. The van der Waals surface area contributed by atoms with E-state index < -0.39 is 0 Å². The van der Waals surface area contributed by atoms with Crippen LogP contribution in [0.5, 0.6) is 0 Å². The van der Waals surface area contributed by atoms with E-state index in [0.29, 0.717) is 11.8 Å². The normalized spacial score (nSPS) is 30.0. The zero-order valence-electron chi connectivity index (χ0n) is 7.62. The molecule has 1 saturated heterocycles. The van der Waals surface area contributed by atoms with E-state index in [2.05, 4.69) is 10.3 Å². The number of hydrogen-bond donors (Lipinski definition) is 2. The zero-order valence-corrected chi connectivity index (χ0v) is 7.62. The molecule has 0 bridgehead atoms. The Morgan fingerprint density at radius 3 is 2.85 bits per heavy atom. The Morgan fingerprint density at radius 1 is 1.46 bits per heavy atom. The second-order valence-electron chi connectivity index (χ2n) is 3.78. The van der Waals surface area contributed by atoms with Gasteiger partial charge in [-0.15, -0.1) is 0 Å². The van der Waals surface area contributed by atoms with Crippen LogP contribution in [0.25, 0.3) is 0 Å². The van der Waals surface area contributed by atoms with Gasteiger partial charge in [0.1, 0.15) is 6.04 Å². The fourth-order valence-electron chi connectivity index (χ4n) is 1.54. The number of amides is 1. The summed E-state index contributed by atoms with van der Waals surface area (Å²) in [6.07, 6.45) is 4.14. The first-order chi connectivity index (χ1) is 6.27. The van der Waals surface area contributed by atoms with Crippen LogP contribution in [0.2, 0.25) is 0 Å². The third-order valence-corrected chi connectivity index (χ3v) is 2.56. The predicted molar refractivity (Wildman–Crippen MR) is 50.4 cm³/mol. The van der Waals surface area contributed by atoms with Crippen molar-refractivity contribution in [2.24, 2.45) is 16.6 Å². The van der Waals surface area contributed by atoms with Crippen LogP contribution in [0.3, 0.4) is 0 Å². The first-order valence-corrected chi connectivity index (χ1v) is 4.88. The molecule has 0 aromatic rings. The quantitative estimate of drug-likeness (QED) is 0.466. The Hall–Kier alpha value is -1.06. The molecule has 1 amide bonds. The van der Waals surface area contributed by atoms with E-state index >= 15 is 0 Å². The predicted octanol–water partition coefficient (Wildman–Crippen LogP) is 0.0322. The van der Waals surface area contributed by atoms with E-state index in [1.807, 2.05) is 0 Å². The topological polar surface area (TPSA) is 67.5 Å². The molecule has 1 saturated carbocycles. The summed E-state index contributed by atoms with van der Waals surface area (Å²) in [5.41, 5.74) is 5.74. The first-order valence-electron chi connectivity index (χ1n) is 4.88. The van der Waals surface area contributed by atoms with Crippen molar-refractivity contribution in [3.8, 4) is 0 Å². The molecule has 2 rings (SSSR count). The van der Waals surface area contributed by atoms with Crippen LogP contribution in [0.1, 0.15) is 25.7 Å². The van der Waals surface area contributed by atoms with E-state index in [-0.39, 0.29) is 11.9 Å². The van der Waals surface area contributed by atoms with Gasteiger partial charge in [-0.2, -0.15) is 0 Å². The molecule has 4 heteroatoms. The zero-order chi connectivity index (χ0) is 9.26. The molecular weight excluding hydrogens is 166 g/mol. The fraction of sp³-hybridized carbons (Fsp3) is 0.778. The van der Waals surface area contributed by atoms with Gasteiger partial charge in [0.15, 0.2) is 0 Å². The van der Waals surface area contributed by atoms with E-state index in [9.17, 15) is 4.79 Å². The van der Waals surface area contributed by atoms with Crippen molar-refractivity contribution in [1.29, 1.82) is 0 Å². The van der Waals surface area contributed by atoms with E-state index in [4.69, 9.17) is 5.73 Å². The third-order valence-electron chi connectivity index (χ3n) is 2.56. The minimum Gasteiger partial charge on any atom is -0.387 e. The number of nitrogens with zero attached hydrogens (tertiary/aromatic N) is 1. The van der Waals surface area contributed by atoms with Gasteiger partial charge in [-0.25, -0.2) is 0 Å². The molecule has 72 valence electrons. The molecule has 13 heavy (non-hydrogen) atoms. The van der Waals surface area contributed by atoms with Crippen LogP contribution in [0.15, 0.2) is 4.99 Å². The summed E-state index contributed by atoms with van der Waals surface area (Å²) in [4.78, 5) is 15.6. The smallest absolute Gasteiger partial charge is 0.244 e. The van der Waals surface area contributed by atoms with E-state index in [0.717, 1.165) is 32.2 Å². The highest BCUT2D eigenvalue weighted by Crippen LogP contribution is 2.29. The van der Waals surface area contributed by atoms with Crippen LogP contribution in [-0.4, -0.2) is 24.3 Å². The number of carbonyl (C=O) groups is 1. The van der Waals surface area contributed by atoms with Gasteiger partial charge < -0.3 is 11.1 Å². The molecule has 0 radical (unpaired) electrons. The Bertz CT molecular complexity index is 245. The number of rotatable bonds is 2. The summed E-state index contributed by atoms with van der Waals surface area (Å²) in [5.74, 6) is 1.19. The van der Waals surface area contributed by atoms with Crippen LogP contribution < -0.4 is 11.1 Å². The summed E-state index contributed by atoms with van der Waals surface area (Å²) in [7, 11) is 0. The largest absolute Gasteiger partial charge is 0.387 e. The third kappa shape index (κ3) is 1.99. The van der Waals surface area contributed by atoms with Gasteiger partial charge in [0.05, 0.1) is 5.84 Å². The molecule has 3 N–H and O–H groups in total. The maximum Gasteiger partial charge on any atom is 0.244 e. The SMILES string of the molecule is NC(=NC1CCCNC1=O)C1CC1. The van der Waals surface area contributed by atoms with Gasteiger partial charge in [0, 0.05) is 12.5 Å². The van der Waals surface area contributed by atoms with Crippen molar-refractivity contribution in [3.63, 3.8) is 0 Å². The molecule has 1 atom stereocenters. The number of amidine groups is 1. The van der Waals surface area contributed by atoms with Gasteiger partial charge in [-0.05, 0) is 25.7 Å². The van der Waals surface area contributed by atoms with Crippen molar-refractivity contribution >= 4 is 11.7 Å². The lowest BCUT2D eigenvalue weighted by Crippen LogP contribution is -2.40. The first kappa shape index (κ1) is 8.53. The minimum absolute atomic E-state index is 0.0369. The fourth-order valence-corrected chi connectivity index (χ4v) is 1.54. The van der Waals surface area contributed by atoms with E-state index in [1.165, 1.54) is 0 Å². The van der Waals surface area contributed by atoms with Crippen LogP contribution in [0.4, 0.5) is 0 Å². The molecule has 0 spiro atoms. The van der Waals surface area contributed by atoms with Gasteiger partial charge in [-0.3, -0.25) is 9.79 Å². The van der Waals surface area contributed by atoms with Crippen molar-refractivity contribution < 1.29 is 4.79 Å². The van der Waals surface area contributed by atoms with Gasteiger partial charge in [0.25, 0.3) is 0 Å². The van der Waals surface area contributed by atoms with Crippen molar-refractivity contribution in [1.82, 2.24) is 5.32 Å². The van der Waals surface area contributed by atoms with Crippen LogP contribution in [-0.2, 0) is 4.79 Å². The average Bonchev–Trinajstić information content (AvgIpc) is 2.91. The van der Waals surface area contributed by atoms with Crippen molar-refractivity contribution in [2.45, 2.75) is 31.7 Å². The van der Waals surface area contributed by atoms with Crippen LogP contribution >= 0.6 is 0 Å². The molecular formula is C9H15N3O. The highest BCUT2D eigenvalue weighted by Gasteiger charge is 2.28. The average molecular weight is 181 g/mol. The standard InChI is InChI=1S/C9H15N3O/c10-8(6-3-4-6)12-7-2-1-5-11-9(7)13/h6-7H,1-5H2,(H2,10,12)(H,11,13). The Balaban J connectivity index is 1.97. The van der Waals surface area contributed by atoms with Crippen LogP contribution in [0, 0.1) is 5.92 Å². The lowest BCUT2D eigenvalue weighted by atomic mass is 10.1. The van der Waals surface area contributed by atoms with Gasteiger partial charge >= 0.3 is 0 Å². The summed E-state index contributed by atoms with van der Waals surface area (Å²) in [5, 5.41) is 2.80. The molecule has 1 unspecified atom stereocenters. The number of nitrogens with one attached hydrogen (secondary N) is 1. The van der Waals surface area contributed by atoms with Crippen molar-refractivity contribution in [2.75, 3.05) is 6.54 Å². The van der Waals surface area contributed by atoms with Gasteiger partial charge in [0.2, 0.25) is 5.91 Å². The summed E-state index contributed by atoms with van der Waals surface area (Å²) in [6, 6.07) is -0.214. The Labute approximate surface area is 77.6 Å². The second-order valence-corrected chi connectivity index (χ2v) is 3.78. The maximum absolute atomic E-state index is 11.3. The number of nitrogens with two attached hydrogens (primary N) is 1. The molecule has 0 aromatic carbocycles. The van der Waals surface area contributed by atoms with Crippen molar-refractivity contribution in [3.05, 3.63) is 0 Å². The minimum atomic E-state index is -0.214. The molecule has 0 aromatic heterocycles. The second kappa shape index (κ2) is 3.36. The molecule has 1 aliphatic carbocycles. The highest BCUT2D eigenvalue weighted by atomic mass is 16.2. The number of aliphatic imine (C=N–C) groups is 1. The number of hydrogen-bond acceptors (Lipinski definition) is 2. The highest BCUT2D eigenvalue weighted by molar-refractivity contribution is 5.90. The number of carbonyl (C=O) groups excluding carboxylic acids is 1. The Kier molecular flexibility index (Phi) is 2.20. The molecule has 1 aliphatic heterocycles. The molecule has 2 aliphatic rings. The molecule has 4 nitrogen and oxygen atoms in total. The van der Waals surface area contributed by atoms with Gasteiger partial charge in [-0.1, -0.05) is 0 Å². The lowest BCUT2D eigenvalue weighted by Gasteiger charge is -2.18.